The fourth-order valence-corrected chi connectivity index (χ4v) is 5.47. The van der Waals surface area contributed by atoms with Crippen molar-refractivity contribution in [2.75, 3.05) is 10.6 Å². The number of hydrogen-bond donors (Lipinski definition) is 2. The zero-order valence-electron chi connectivity index (χ0n) is 22.4. The van der Waals surface area contributed by atoms with E-state index < -0.39 is 11.1 Å². The molecule has 0 radical (unpaired) electrons. The molecule has 4 aromatic carbocycles. The highest BCUT2D eigenvalue weighted by Crippen LogP contribution is 2.37. The Kier molecular flexibility index (Phi) is 8.16. The van der Waals surface area contributed by atoms with Gasteiger partial charge in [-0.25, -0.2) is 9.07 Å². The second-order valence-corrected chi connectivity index (χ2v) is 10.5. The maximum Gasteiger partial charge on any atom is 0.295 e. The molecule has 0 aliphatic carbocycles. The first-order valence-electron chi connectivity index (χ1n) is 12.9. The number of nitrogens with one attached hydrogen (secondary N) is 2. The van der Waals surface area contributed by atoms with Gasteiger partial charge in [-0.2, -0.15) is 0 Å². The quantitative estimate of drug-likeness (QED) is 0.215. The Morgan fingerprint density at radius 3 is 2.17 bits per heavy atom. The van der Waals surface area contributed by atoms with Crippen LogP contribution in [0.25, 0.3) is 5.69 Å². The summed E-state index contributed by atoms with van der Waals surface area (Å²) in [6, 6.07) is 30.9. The summed E-state index contributed by atoms with van der Waals surface area (Å²) in [4.78, 5) is 40.6. The van der Waals surface area contributed by atoms with Gasteiger partial charge in [0.25, 0.3) is 11.5 Å². The lowest BCUT2D eigenvalue weighted by Crippen LogP contribution is -2.25. The van der Waals surface area contributed by atoms with Crippen molar-refractivity contribution >= 4 is 35.0 Å². The first-order chi connectivity index (χ1) is 19.8. The van der Waals surface area contributed by atoms with Crippen LogP contribution in [0.4, 0.5) is 15.8 Å². The minimum Gasteiger partial charge on any atom is -0.322 e. The third-order valence-corrected chi connectivity index (χ3v) is 7.84. The Labute approximate surface area is 240 Å². The molecule has 5 rings (SSSR count). The molecule has 0 spiro atoms. The summed E-state index contributed by atoms with van der Waals surface area (Å²) in [6.45, 7) is 1.79. The van der Waals surface area contributed by atoms with Crippen molar-refractivity contribution in [2.45, 2.75) is 17.1 Å². The number of carbonyl (C=O) groups is 2. The number of thioether (sulfide) groups is 1. The second-order valence-electron chi connectivity index (χ2n) is 9.32. The van der Waals surface area contributed by atoms with E-state index in [1.54, 1.807) is 36.9 Å². The van der Waals surface area contributed by atoms with Crippen molar-refractivity contribution in [3.8, 4) is 5.69 Å². The predicted octanol–water partition coefficient (Wildman–Crippen LogP) is 6.35. The van der Waals surface area contributed by atoms with Gasteiger partial charge < -0.3 is 10.6 Å². The SMILES string of the molecule is Cc1c(NC(=O)C(Sc2cccc(NC(=O)c3ccc(F)cc3)c2)c2ccccc2)c(=O)n(-c2ccccc2)n1C. The van der Waals surface area contributed by atoms with Crippen LogP contribution in [0.15, 0.2) is 119 Å². The molecule has 7 nitrogen and oxygen atoms in total. The molecule has 9 heteroatoms. The van der Waals surface area contributed by atoms with Gasteiger partial charge in [-0.05, 0) is 67.1 Å². The van der Waals surface area contributed by atoms with E-state index in [2.05, 4.69) is 10.6 Å². The van der Waals surface area contributed by atoms with Gasteiger partial charge >= 0.3 is 0 Å². The average molecular weight is 567 g/mol. The van der Waals surface area contributed by atoms with Crippen molar-refractivity contribution in [2.24, 2.45) is 7.05 Å². The van der Waals surface area contributed by atoms with Gasteiger partial charge in [-0.3, -0.25) is 19.1 Å². The zero-order chi connectivity index (χ0) is 28.9. The number of para-hydroxylation sites is 1. The smallest absolute Gasteiger partial charge is 0.295 e. The summed E-state index contributed by atoms with van der Waals surface area (Å²) in [5, 5.41) is 5.01. The Bertz CT molecular complexity index is 1750. The first kappa shape index (κ1) is 27.7. The molecule has 0 saturated heterocycles. The number of hydrogen-bond acceptors (Lipinski definition) is 4. The molecule has 206 valence electrons. The summed E-state index contributed by atoms with van der Waals surface area (Å²) in [7, 11) is 1.77. The Balaban J connectivity index is 1.41. The molecule has 1 atom stereocenters. The summed E-state index contributed by atoms with van der Waals surface area (Å²) in [6.07, 6.45) is 0. The number of rotatable bonds is 8. The van der Waals surface area contributed by atoms with E-state index in [1.165, 1.54) is 40.7 Å². The molecule has 5 aromatic rings. The topological polar surface area (TPSA) is 85.1 Å². The molecule has 0 saturated carbocycles. The summed E-state index contributed by atoms with van der Waals surface area (Å²) in [5.41, 5.74) is 2.81. The molecule has 0 aliphatic rings. The van der Waals surface area contributed by atoms with Crippen LogP contribution < -0.4 is 16.2 Å². The van der Waals surface area contributed by atoms with E-state index in [1.807, 2.05) is 66.7 Å². The van der Waals surface area contributed by atoms with Gasteiger partial charge in [-0.15, -0.1) is 11.8 Å². The minimum absolute atomic E-state index is 0.211. The highest BCUT2D eigenvalue weighted by atomic mass is 32.2. The number of amides is 2. The molecule has 0 aliphatic heterocycles. The lowest BCUT2D eigenvalue weighted by molar-refractivity contribution is -0.115. The normalized spacial score (nSPS) is 11.6. The van der Waals surface area contributed by atoms with Gasteiger partial charge in [0.2, 0.25) is 5.91 Å². The van der Waals surface area contributed by atoms with E-state index in [0.29, 0.717) is 22.6 Å². The van der Waals surface area contributed by atoms with Crippen molar-refractivity contribution < 1.29 is 14.0 Å². The molecular weight excluding hydrogens is 539 g/mol. The first-order valence-corrected chi connectivity index (χ1v) is 13.7. The third-order valence-electron chi connectivity index (χ3n) is 6.60. The number of carbonyl (C=O) groups excluding carboxylic acids is 2. The molecule has 2 N–H and O–H groups in total. The lowest BCUT2D eigenvalue weighted by atomic mass is 10.1. The second kappa shape index (κ2) is 12.1. The van der Waals surface area contributed by atoms with E-state index in [4.69, 9.17) is 0 Å². The fourth-order valence-electron chi connectivity index (χ4n) is 4.39. The van der Waals surface area contributed by atoms with Gasteiger partial charge in [0, 0.05) is 23.2 Å². The number of aromatic nitrogens is 2. The molecule has 2 amide bonds. The molecule has 0 bridgehead atoms. The van der Waals surface area contributed by atoms with Gasteiger partial charge in [0.15, 0.2) is 0 Å². The maximum atomic E-state index is 13.8. The highest BCUT2D eigenvalue weighted by Gasteiger charge is 2.26. The van der Waals surface area contributed by atoms with Crippen LogP contribution >= 0.6 is 11.8 Å². The minimum atomic E-state index is -0.691. The molecule has 1 unspecified atom stereocenters. The highest BCUT2D eigenvalue weighted by molar-refractivity contribution is 8.00. The lowest BCUT2D eigenvalue weighted by Gasteiger charge is -2.17. The van der Waals surface area contributed by atoms with Crippen LogP contribution in [-0.4, -0.2) is 21.2 Å². The standard InChI is InChI=1S/C32H27FN4O3S/c1-21-28(32(40)37(36(21)2)26-13-7-4-8-14-26)35-31(39)29(22-10-5-3-6-11-22)41-27-15-9-12-25(20-27)34-30(38)23-16-18-24(33)19-17-23/h3-20,29H,1-2H3,(H,34,38)(H,35,39). The molecular formula is C32H27FN4O3S. The summed E-state index contributed by atoms with van der Waals surface area (Å²) < 4.78 is 16.5. The number of anilines is 2. The maximum absolute atomic E-state index is 13.8. The Morgan fingerprint density at radius 1 is 0.829 bits per heavy atom. The number of benzene rings is 4. The van der Waals surface area contributed by atoms with Crippen LogP contribution in [-0.2, 0) is 11.8 Å². The Morgan fingerprint density at radius 2 is 1.49 bits per heavy atom. The van der Waals surface area contributed by atoms with Gasteiger partial charge in [0.1, 0.15) is 16.8 Å². The fraction of sp³-hybridized carbons (Fsp3) is 0.0938. The van der Waals surface area contributed by atoms with Crippen molar-refractivity contribution in [1.29, 1.82) is 0 Å². The van der Waals surface area contributed by atoms with Crippen LogP contribution in [0.2, 0.25) is 0 Å². The summed E-state index contributed by atoms with van der Waals surface area (Å²) in [5.74, 6) is -1.15. The van der Waals surface area contributed by atoms with Crippen LogP contribution in [0.3, 0.4) is 0 Å². The summed E-state index contributed by atoms with van der Waals surface area (Å²) >= 11 is 1.30. The largest absolute Gasteiger partial charge is 0.322 e. The van der Waals surface area contributed by atoms with Gasteiger partial charge in [-0.1, -0.05) is 54.6 Å². The van der Waals surface area contributed by atoms with E-state index >= 15 is 0 Å². The molecule has 1 heterocycles. The van der Waals surface area contributed by atoms with E-state index in [0.717, 1.165) is 10.5 Å². The van der Waals surface area contributed by atoms with Crippen LogP contribution in [0.5, 0.6) is 0 Å². The van der Waals surface area contributed by atoms with Crippen LogP contribution in [0.1, 0.15) is 26.9 Å². The number of nitrogens with zero attached hydrogens (tertiary/aromatic N) is 2. The zero-order valence-corrected chi connectivity index (χ0v) is 23.2. The molecule has 1 aromatic heterocycles. The van der Waals surface area contributed by atoms with Crippen molar-refractivity contribution in [3.63, 3.8) is 0 Å². The number of halogens is 1. The predicted molar refractivity (Wildman–Crippen MR) is 160 cm³/mol. The molecule has 41 heavy (non-hydrogen) atoms. The molecule has 0 fully saturated rings. The van der Waals surface area contributed by atoms with Crippen molar-refractivity contribution in [1.82, 2.24) is 9.36 Å². The Hall–Kier alpha value is -4.89. The van der Waals surface area contributed by atoms with Crippen molar-refractivity contribution in [3.05, 3.63) is 142 Å². The van der Waals surface area contributed by atoms with Crippen LogP contribution in [0, 0.1) is 12.7 Å². The van der Waals surface area contributed by atoms with E-state index in [-0.39, 0.29) is 23.1 Å². The van der Waals surface area contributed by atoms with Gasteiger partial charge in [0.05, 0.1) is 11.4 Å². The third kappa shape index (κ3) is 6.15. The average Bonchev–Trinajstić information content (AvgIpc) is 3.20. The monoisotopic (exact) mass is 566 g/mol. The van der Waals surface area contributed by atoms with E-state index in [9.17, 15) is 18.8 Å².